The number of fused-ring (bicyclic) bond motifs is 1. The highest BCUT2D eigenvalue weighted by atomic mass is 19.1. The number of benzene rings is 2. The third-order valence-electron chi connectivity index (χ3n) is 5.45. The lowest BCUT2D eigenvalue weighted by atomic mass is 9.93. The Morgan fingerprint density at radius 2 is 1.87 bits per heavy atom. The van der Waals surface area contributed by atoms with Crippen LogP contribution in [-0.2, 0) is 33.7 Å². The zero-order valence-corrected chi connectivity index (χ0v) is 18.1. The number of hydrogen-bond acceptors (Lipinski definition) is 4. The highest BCUT2D eigenvalue weighted by Crippen LogP contribution is 2.23. The van der Waals surface area contributed by atoms with Gasteiger partial charge in [0.2, 0.25) is 11.8 Å². The van der Waals surface area contributed by atoms with Gasteiger partial charge in [0.05, 0.1) is 19.2 Å². The van der Waals surface area contributed by atoms with Gasteiger partial charge < -0.3 is 15.4 Å². The molecule has 0 aromatic heterocycles. The molecule has 6 nitrogen and oxygen atoms in total. The van der Waals surface area contributed by atoms with Crippen LogP contribution in [-0.4, -0.2) is 55.6 Å². The molecule has 0 aliphatic carbocycles. The van der Waals surface area contributed by atoms with Crippen molar-refractivity contribution in [2.24, 2.45) is 0 Å². The van der Waals surface area contributed by atoms with E-state index in [1.165, 1.54) is 12.1 Å². The van der Waals surface area contributed by atoms with E-state index in [1.807, 2.05) is 36.1 Å². The Bertz CT molecular complexity index is 888. The maximum Gasteiger partial charge on any atom is 0.237 e. The minimum absolute atomic E-state index is 0.0995. The number of amides is 2. The van der Waals surface area contributed by atoms with Crippen molar-refractivity contribution in [2.45, 2.75) is 38.4 Å². The van der Waals surface area contributed by atoms with Crippen molar-refractivity contribution >= 4 is 11.8 Å². The van der Waals surface area contributed by atoms with E-state index in [1.54, 1.807) is 19.2 Å². The van der Waals surface area contributed by atoms with Crippen molar-refractivity contribution in [3.8, 4) is 0 Å². The van der Waals surface area contributed by atoms with Crippen molar-refractivity contribution < 1.29 is 18.7 Å². The summed E-state index contributed by atoms with van der Waals surface area (Å²) in [5.41, 5.74) is 3.22. The van der Waals surface area contributed by atoms with Crippen molar-refractivity contribution in [1.29, 1.82) is 0 Å². The zero-order valence-electron chi connectivity index (χ0n) is 18.1. The topological polar surface area (TPSA) is 70.7 Å². The molecule has 2 N–H and O–H groups in total. The Hall–Kier alpha value is -2.77. The molecule has 0 saturated heterocycles. The molecule has 2 aromatic rings. The first-order valence-corrected chi connectivity index (χ1v) is 10.6. The first-order valence-electron chi connectivity index (χ1n) is 10.6. The van der Waals surface area contributed by atoms with Crippen molar-refractivity contribution in [3.05, 3.63) is 71.0 Å². The lowest BCUT2D eigenvalue weighted by molar-refractivity contribution is -0.130. The Balaban J connectivity index is 1.63. The maximum atomic E-state index is 13.1. The number of nitrogens with zero attached hydrogens (tertiary/aromatic N) is 1. The van der Waals surface area contributed by atoms with E-state index in [2.05, 4.69) is 10.6 Å². The van der Waals surface area contributed by atoms with Crippen molar-refractivity contribution in [1.82, 2.24) is 15.5 Å². The molecule has 2 aromatic carbocycles. The van der Waals surface area contributed by atoms with E-state index < -0.39 is 6.04 Å². The standard InChI is InChI=1S/C24H30FN3O3/c1-17(16-31-2)27-23(29)15-28-14-20-6-4-3-5-19(20)13-22(28)24(30)26-12-11-18-7-9-21(25)10-8-18/h3-10,17,22H,11-16H2,1-2H3,(H,26,30)(H,27,29). The van der Waals surface area contributed by atoms with Gasteiger partial charge in [0.15, 0.2) is 0 Å². The highest BCUT2D eigenvalue weighted by molar-refractivity contribution is 5.84. The maximum absolute atomic E-state index is 13.1. The van der Waals surface area contributed by atoms with Gasteiger partial charge in [-0.2, -0.15) is 0 Å². The van der Waals surface area contributed by atoms with Gasteiger partial charge in [-0.05, 0) is 48.6 Å². The van der Waals surface area contributed by atoms with Crippen LogP contribution >= 0.6 is 0 Å². The fourth-order valence-electron chi connectivity index (χ4n) is 3.90. The number of ether oxygens (including phenoxy) is 1. The molecule has 2 unspecified atom stereocenters. The van der Waals surface area contributed by atoms with Crippen LogP contribution in [0.2, 0.25) is 0 Å². The molecule has 1 aliphatic rings. The highest BCUT2D eigenvalue weighted by Gasteiger charge is 2.32. The minimum atomic E-state index is -0.424. The molecule has 3 rings (SSSR count). The summed E-state index contributed by atoms with van der Waals surface area (Å²) in [6, 6.07) is 13.8. The van der Waals surface area contributed by atoms with Gasteiger partial charge in [0.1, 0.15) is 5.82 Å². The number of methoxy groups -OCH3 is 1. The Kier molecular flexibility index (Phi) is 8.14. The SMILES string of the molecule is COCC(C)NC(=O)CN1Cc2ccccc2CC1C(=O)NCCc1ccc(F)cc1. The summed E-state index contributed by atoms with van der Waals surface area (Å²) in [5, 5.41) is 5.90. The smallest absolute Gasteiger partial charge is 0.237 e. The average molecular weight is 428 g/mol. The quantitative estimate of drug-likeness (QED) is 0.643. The van der Waals surface area contributed by atoms with Gasteiger partial charge in [-0.3, -0.25) is 14.5 Å². The normalized spacial score (nSPS) is 16.9. The van der Waals surface area contributed by atoms with Gasteiger partial charge in [-0.15, -0.1) is 0 Å². The summed E-state index contributed by atoms with van der Waals surface area (Å²) >= 11 is 0. The first kappa shape index (κ1) is 22.9. The third-order valence-corrected chi connectivity index (χ3v) is 5.45. The van der Waals surface area contributed by atoms with Crippen LogP contribution in [0, 0.1) is 5.82 Å². The van der Waals surface area contributed by atoms with Crippen LogP contribution in [0.15, 0.2) is 48.5 Å². The number of carbonyl (C=O) groups excluding carboxylic acids is 2. The van der Waals surface area contributed by atoms with E-state index in [0.717, 1.165) is 16.7 Å². The second kappa shape index (κ2) is 11.0. The molecule has 0 saturated carbocycles. The second-order valence-corrected chi connectivity index (χ2v) is 7.99. The van der Waals surface area contributed by atoms with Crippen LogP contribution in [0.4, 0.5) is 4.39 Å². The summed E-state index contributed by atoms with van der Waals surface area (Å²) in [5.74, 6) is -0.509. The summed E-state index contributed by atoms with van der Waals surface area (Å²) in [6.45, 7) is 3.44. The summed E-state index contributed by atoms with van der Waals surface area (Å²) in [7, 11) is 1.59. The molecule has 1 aliphatic heterocycles. The fourth-order valence-corrected chi connectivity index (χ4v) is 3.90. The van der Waals surface area contributed by atoms with Crippen LogP contribution < -0.4 is 10.6 Å². The Morgan fingerprint density at radius 1 is 1.16 bits per heavy atom. The number of carbonyl (C=O) groups is 2. The molecule has 166 valence electrons. The lowest BCUT2D eigenvalue weighted by Gasteiger charge is -2.35. The van der Waals surface area contributed by atoms with E-state index in [-0.39, 0.29) is 30.2 Å². The summed E-state index contributed by atoms with van der Waals surface area (Å²) in [4.78, 5) is 27.5. The molecule has 31 heavy (non-hydrogen) atoms. The van der Waals surface area contributed by atoms with Gasteiger partial charge >= 0.3 is 0 Å². The number of hydrogen-bond donors (Lipinski definition) is 2. The molecule has 0 radical (unpaired) electrons. The van der Waals surface area contributed by atoms with E-state index in [9.17, 15) is 14.0 Å². The van der Waals surface area contributed by atoms with Crippen LogP contribution in [0.1, 0.15) is 23.6 Å². The van der Waals surface area contributed by atoms with Crippen LogP contribution in [0.3, 0.4) is 0 Å². The van der Waals surface area contributed by atoms with Crippen molar-refractivity contribution in [2.75, 3.05) is 26.8 Å². The summed E-state index contributed by atoms with van der Waals surface area (Å²) < 4.78 is 18.1. The minimum Gasteiger partial charge on any atom is -0.383 e. The van der Waals surface area contributed by atoms with E-state index in [0.29, 0.717) is 32.5 Å². The number of nitrogens with one attached hydrogen (secondary N) is 2. The monoisotopic (exact) mass is 427 g/mol. The van der Waals surface area contributed by atoms with Gasteiger partial charge in [0.25, 0.3) is 0 Å². The average Bonchev–Trinajstić information content (AvgIpc) is 2.74. The molecule has 1 heterocycles. The second-order valence-electron chi connectivity index (χ2n) is 7.99. The zero-order chi connectivity index (χ0) is 22.2. The number of rotatable bonds is 9. The van der Waals surface area contributed by atoms with E-state index >= 15 is 0 Å². The molecule has 7 heteroatoms. The largest absolute Gasteiger partial charge is 0.383 e. The van der Waals surface area contributed by atoms with Crippen LogP contribution in [0.5, 0.6) is 0 Å². The van der Waals surface area contributed by atoms with Gasteiger partial charge in [0, 0.05) is 26.2 Å². The molecule has 0 spiro atoms. The fraction of sp³-hybridized carbons (Fsp3) is 0.417. The molecular weight excluding hydrogens is 397 g/mol. The van der Waals surface area contributed by atoms with E-state index in [4.69, 9.17) is 4.74 Å². The molecule has 2 amide bonds. The Morgan fingerprint density at radius 3 is 2.58 bits per heavy atom. The third kappa shape index (κ3) is 6.60. The summed E-state index contributed by atoms with van der Waals surface area (Å²) in [6.07, 6.45) is 1.17. The Labute approximate surface area is 182 Å². The molecule has 0 bridgehead atoms. The van der Waals surface area contributed by atoms with Gasteiger partial charge in [-0.25, -0.2) is 4.39 Å². The first-order chi connectivity index (χ1) is 15.0. The predicted octanol–water partition coefficient (Wildman–Crippen LogP) is 2.06. The lowest BCUT2D eigenvalue weighted by Crippen LogP contribution is -2.54. The molecule has 2 atom stereocenters. The van der Waals surface area contributed by atoms with Crippen LogP contribution in [0.25, 0.3) is 0 Å². The molecular formula is C24H30FN3O3. The van der Waals surface area contributed by atoms with Crippen molar-refractivity contribution in [3.63, 3.8) is 0 Å². The molecule has 0 fully saturated rings. The van der Waals surface area contributed by atoms with Gasteiger partial charge in [-0.1, -0.05) is 36.4 Å². The number of halogens is 1. The predicted molar refractivity (Wildman–Crippen MR) is 117 cm³/mol.